The second-order valence-electron chi connectivity index (χ2n) is 5.92. The van der Waals surface area contributed by atoms with E-state index in [1.165, 1.54) is 16.7 Å². The van der Waals surface area contributed by atoms with Gasteiger partial charge in [-0.2, -0.15) is 0 Å². The van der Waals surface area contributed by atoms with Gasteiger partial charge in [0.25, 0.3) is 0 Å². The van der Waals surface area contributed by atoms with Crippen molar-refractivity contribution in [3.8, 4) is 0 Å². The van der Waals surface area contributed by atoms with Gasteiger partial charge in [-0.3, -0.25) is 0 Å². The van der Waals surface area contributed by atoms with Gasteiger partial charge in [-0.15, -0.1) is 0 Å². The zero-order valence-corrected chi connectivity index (χ0v) is 13.8. The summed E-state index contributed by atoms with van der Waals surface area (Å²) in [6, 6.07) is 15.3. The lowest BCUT2D eigenvalue weighted by atomic mass is 9.75. The molecule has 0 fully saturated rings. The smallest absolute Gasteiger partial charge is 0.0595 e. The van der Waals surface area contributed by atoms with Gasteiger partial charge in [-0.05, 0) is 55.8 Å². The van der Waals surface area contributed by atoms with Gasteiger partial charge in [0.2, 0.25) is 0 Å². The highest BCUT2D eigenvalue weighted by molar-refractivity contribution is 6.42. The monoisotopic (exact) mass is 319 g/mol. The molecule has 0 saturated carbocycles. The Morgan fingerprint density at radius 3 is 2.48 bits per heavy atom. The molecule has 1 nitrogen and oxygen atoms in total. The van der Waals surface area contributed by atoms with Crippen molar-refractivity contribution in [2.75, 3.05) is 14.1 Å². The van der Waals surface area contributed by atoms with Crippen LogP contribution in [0.4, 0.5) is 0 Å². The third kappa shape index (κ3) is 2.83. The maximum atomic E-state index is 6.24. The summed E-state index contributed by atoms with van der Waals surface area (Å²) in [5.41, 5.74) is 4.11. The van der Waals surface area contributed by atoms with Crippen LogP contribution in [-0.4, -0.2) is 25.0 Å². The Kier molecular flexibility index (Phi) is 4.26. The van der Waals surface area contributed by atoms with E-state index < -0.39 is 0 Å². The molecular formula is C18H19Cl2N. The van der Waals surface area contributed by atoms with Crippen molar-refractivity contribution in [1.82, 2.24) is 4.90 Å². The van der Waals surface area contributed by atoms with Gasteiger partial charge < -0.3 is 4.90 Å². The molecule has 1 aliphatic rings. The average molecular weight is 320 g/mol. The third-order valence-electron chi connectivity index (χ3n) is 4.45. The van der Waals surface area contributed by atoms with E-state index in [0.29, 0.717) is 22.0 Å². The molecule has 2 atom stereocenters. The van der Waals surface area contributed by atoms with Crippen LogP contribution in [0.2, 0.25) is 10.0 Å². The van der Waals surface area contributed by atoms with Crippen molar-refractivity contribution in [2.24, 2.45) is 0 Å². The SMILES string of the molecule is CN(C)C1CCc2ccccc2[C@H]1c1ccc(Cl)c(Cl)c1. The summed E-state index contributed by atoms with van der Waals surface area (Å²) < 4.78 is 0. The molecule has 0 bridgehead atoms. The van der Waals surface area contributed by atoms with E-state index in [-0.39, 0.29) is 0 Å². The summed E-state index contributed by atoms with van der Waals surface area (Å²) in [6.07, 6.45) is 2.30. The van der Waals surface area contributed by atoms with Gasteiger partial charge in [0.05, 0.1) is 10.0 Å². The fourth-order valence-corrected chi connectivity index (χ4v) is 3.71. The molecule has 110 valence electrons. The van der Waals surface area contributed by atoms with Crippen molar-refractivity contribution in [2.45, 2.75) is 24.8 Å². The van der Waals surface area contributed by atoms with Gasteiger partial charge in [-0.1, -0.05) is 53.5 Å². The van der Waals surface area contributed by atoms with Crippen LogP contribution in [0.15, 0.2) is 42.5 Å². The minimum Gasteiger partial charge on any atom is -0.305 e. The highest BCUT2D eigenvalue weighted by Gasteiger charge is 2.32. The molecule has 0 spiro atoms. The first kappa shape index (κ1) is 14.9. The topological polar surface area (TPSA) is 3.24 Å². The van der Waals surface area contributed by atoms with E-state index in [4.69, 9.17) is 23.2 Å². The zero-order valence-electron chi connectivity index (χ0n) is 12.3. The molecule has 0 saturated heterocycles. The number of halogens is 2. The van der Waals surface area contributed by atoms with E-state index in [9.17, 15) is 0 Å². The van der Waals surface area contributed by atoms with E-state index in [0.717, 1.165) is 12.8 Å². The van der Waals surface area contributed by atoms with Crippen LogP contribution in [-0.2, 0) is 6.42 Å². The first-order valence-electron chi connectivity index (χ1n) is 7.27. The molecule has 0 heterocycles. The molecule has 2 aromatic rings. The van der Waals surface area contributed by atoms with Crippen LogP contribution in [0.25, 0.3) is 0 Å². The molecule has 0 radical (unpaired) electrons. The van der Waals surface area contributed by atoms with Crippen LogP contribution < -0.4 is 0 Å². The van der Waals surface area contributed by atoms with Crippen LogP contribution in [0, 0.1) is 0 Å². The lowest BCUT2D eigenvalue weighted by Gasteiger charge is -2.38. The van der Waals surface area contributed by atoms with Gasteiger partial charge in [0.1, 0.15) is 0 Å². The van der Waals surface area contributed by atoms with Gasteiger partial charge >= 0.3 is 0 Å². The van der Waals surface area contributed by atoms with Crippen LogP contribution in [0.3, 0.4) is 0 Å². The normalized spacial score (nSPS) is 21.4. The summed E-state index contributed by atoms with van der Waals surface area (Å²) in [6.45, 7) is 0. The van der Waals surface area contributed by atoms with Crippen LogP contribution >= 0.6 is 23.2 Å². The van der Waals surface area contributed by atoms with Gasteiger partial charge in [-0.25, -0.2) is 0 Å². The predicted molar refractivity (Wildman–Crippen MR) is 90.5 cm³/mol. The average Bonchev–Trinajstić information content (AvgIpc) is 2.49. The Hall–Kier alpha value is -1.02. The van der Waals surface area contributed by atoms with Gasteiger partial charge in [0.15, 0.2) is 0 Å². The highest BCUT2D eigenvalue weighted by Crippen LogP contribution is 2.40. The minimum atomic E-state index is 0.347. The second-order valence-corrected chi connectivity index (χ2v) is 6.73. The Morgan fingerprint density at radius 2 is 1.76 bits per heavy atom. The Bertz CT molecular complexity index is 651. The fourth-order valence-electron chi connectivity index (χ4n) is 3.41. The summed E-state index contributed by atoms with van der Waals surface area (Å²) in [7, 11) is 4.31. The lowest BCUT2D eigenvalue weighted by molar-refractivity contribution is 0.245. The molecule has 3 rings (SSSR count). The molecule has 1 aliphatic carbocycles. The molecule has 2 aromatic carbocycles. The van der Waals surface area contributed by atoms with Crippen molar-refractivity contribution in [3.63, 3.8) is 0 Å². The first-order valence-corrected chi connectivity index (χ1v) is 8.02. The van der Waals surface area contributed by atoms with Crippen molar-refractivity contribution in [3.05, 3.63) is 69.2 Å². The maximum absolute atomic E-state index is 6.24. The fraction of sp³-hybridized carbons (Fsp3) is 0.333. The predicted octanol–water partition coefficient (Wildman–Crippen LogP) is 5.00. The van der Waals surface area contributed by atoms with Crippen molar-refractivity contribution < 1.29 is 0 Å². The van der Waals surface area contributed by atoms with Crippen molar-refractivity contribution >= 4 is 23.2 Å². The third-order valence-corrected chi connectivity index (χ3v) is 5.19. The number of fused-ring (bicyclic) bond motifs is 1. The van der Waals surface area contributed by atoms with Crippen LogP contribution in [0.1, 0.15) is 29.0 Å². The summed E-state index contributed by atoms with van der Waals surface area (Å²) in [4.78, 5) is 2.32. The summed E-state index contributed by atoms with van der Waals surface area (Å²) in [5, 5.41) is 1.25. The Morgan fingerprint density at radius 1 is 1.00 bits per heavy atom. The summed E-state index contributed by atoms with van der Waals surface area (Å²) in [5.74, 6) is 0.347. The first-order chi connectivity index (χ1) is 10.1. The second kappa shape index (κ2) is 6.00. The maximum Gasteiger partial charge on any atom is 0.0595 e. The van der Waals surface area contributed by atoms with Crippen LogP contribution in [0.5, 0.6) is 0 Å². The summed E-state index contributed by atoms with van der Waals surface area (Å²) >= 11 is 12.3. The molecule has 3 heteroatoms. The zero-order chi connectivity index (χ0) is 15.0. The Balaban J connectivity index is 2.12. The molecule has 1 unspecified atom stereocenters. The van der Waals surface area contributed by atoms with Crippen molar-refractivity contribution in [1.29, 1.82) is 0 Å². The molecule has 21 heavy (non-hydrogen) atoms. The molecule has 0 amide bonds. The highest BCUT2D eigenvalue weighted by atomic mass is 35.5. The quantitative estimate of drug-likeness (QED) is 0.752. The number of nitrogens with zero attached hydrogens (tertiary/aromatic N) is 1. The number of benzene rings is 2. The number of likely N-dealkylation sites (N-methyl/N-ethyl adjacent to an activating group) is 1. The number of aryl methyl sites for hydroxylation is 1. The van der Waals surface area contributed by atoms with E-state index >= 15 is 0 Å². The van der Waals surface area contributed by atoms with E-state index in [1.807, 2.05) is 12.1 Å². The molecule has 0 N–H and O–H groups in total. The Labute approximate surface area is 136 Å². The van der Waals surface area contributed by atoms with E-state index in [2.05, 4.69) is 49.3 Å². The van der Waals surface area contributed by atoms with E-state index in [1.54, 1.807) is 0 Å². The lowest BCUT2D eigenvalue weighted by Crippen LogP contribution is -2.38. The number of hydrogen-bond donors (Lipinski definition) is 0. The van der Waals surface area contributed by atoms with Gasteiger partial charge in [0, 0.05) is 12.0 Å². The molecule has 0 aromatic heterocycles. The molecular weight excluding hydrogens is 301 g/mol. The largest absolute Gasteiger partial charge is 0.305 e. The minimum absolute atomic E-state index is 0.347. The number of hydrogen-bond acceptors (Lipinski definition) is 1. The molecule has 0 aliphatic heterocycles. The number of rotatable bonds is 2. The standard InChI is InChI=1S/C18H19Cl2N/c1-21(2)17-10-8-12-5-3-4-6-14(12)18(17)13-7-9-15(19)16(20)11-13/h3-7,9,11,17-18H,8,10H2,1-2H3/t17?,18-/m1/s1.